The number of benzene rings is 3. The van der Waals surface area contributed by atoms with Crippen LogP contribution in [0.25, 0.3) is 0 Å². The van der Waals surface area contributed by atoms with Gasteiger partial charge in [-0.1, -0.05) is 29.8 Å². The second-order valence-corrected chi connectivity index (χ2v) is 8.64. The summed E-state index contributed by atoms with van der Waals surface area (Å²) in [6.07, 6.45) is -1.10. The van der Waals surface area contributed by atoms with Gasteiger partial charge in [-0.25, -0.2) is 0 Å². The maximum Gasteiger partial charge on any atom is 0.308 e. The Kier molecular flexibility index (Phi) is 7.77. The van der Waals surface area contributed by atoms with Crippen molar-refractivity contribution in [1.29, 1.82) is 0 Å². The zero-order chi connectivity index (χ0) is 28.3. The number of methoxy groups -OCH3 is 1. The fraction of sp³-hybridized carbons (Fsp3) is 0.154. The number of carbonyl (C=O) groups excluding carboxylic acids is 3. The number of carbonyl (C=O) groups is 3. The highest BCUT2D eigenvalue weighted by atomic mass is 35.5. The number of ether oxygens (including phenoxy) is 3. The summed E-state index contributed by atoms with van der Waals surface area (Å²) in [6, 6.07) is 15.1. The average molecular weight is 553 g/mol. The Hall–Kier alpha value is -4.97. The fourth-order valence-corrected chi connectivity index (χ4v) is 3.94. The number of hydrogen-bond donors (Lipinski definition) is 1. The van der Waals surface area contributed by atoms with E-state index in [1.54, 1.807) is 42.5 Å². The Morgan fingerprint density at radius 2 is 1.85 bits per heavy atom. The summed E-state index contributed by atoms with van der Waals surface area (Å²) in [5.41, 5.74) is 0.719. The average Bonchev–Trinajstić information content (AvgIpc) is 3.34. The van der Waals surface area contributed by atoms with Crippen LogP contribution in [0.1, 0.15) is 41.6 Å². The zero-order valence-electron chi connectivity index (χ0n) is 20.8. The van der Waals surface area contributed by atoms with Crippen LogP contribution in [0.15, 0.2) is 65.8 Å². The van der Waals surface area contributed by atoms with Crippen molar-refractivity contribution >= 4 is 46.7 Å². The Morgan fingerprint density at radius 3 is 2.49 bits per heavy atom. The minimum Gasteiger partial charge on any atom is -0.493 e. The molecule has 1 heterocycles. The molecular formula is C26H21ClN4O8. The van der Waals surface area contributed by atoms with E-state index in [4.69, 9.17) is 25.8 Å². The van der Waals surface area contributed by atoms with Crippen LogP contribution in [-0.2, 0) is 14.3 Å². The smallest absolute Gasteiger partial charge is 0.308 e. The van der Waals surface area contributed by atoms with Crippen LogP contribution in [0.5, 0.6) is 11.5 Å². The van der Waals surface area contributed by atoms with Crippen molar-refractivity contribution in [3.05, 3.63) is 92.5 Å². The van der Waals surface area contributed by atoms with E-state index in [-0.39, 0.29) is 28.6 Å². The minimum absolute atomic E-state index is 0.0737. The van der Waals surface area contributed by atoms with E-state index >= 15 is 0 Å². The fourth-order valence-electron chi connectivity index (χ4n) is 3.75. The van der Waals surface area contributed by atoms with Gasteiger partial charge in [0, 0.05) is 41.8 Å². The number of nitro groups is 1. The maximum atomic E-state index is 12.7. The van der Waals surface area contributed by atoms with Gasteiger partial charge >= 0.3 is 5.97 Å². The molecule has 0 aromatic heterocycles. The number of hydrogen-bond acceptors (Lipinski definition) is 9. The first-order chi connectivity index (χ1) is 18.6. The van der Waals surface area contributed by atoms with E-state index in [1.165, 1.54) is 20.1 Å². The number of rotatable bonds is 7. The molecule has 2 amide bonds. The van der Waals surface area contributed by atoms with Gasteiger partial charge in [-0.05, 0) is 30.3 Å². The number of esters is 1. The minimum atomic E-state index is -1.10. The number of non-ortho nitro benzene ring substituents is 1. The van der Waals surface area contributed by atoms with Crippen LogP contribution >= 0.6 is 11.6 Å². The maximum absolute atomic E-state index is 12.7. The largest absolute Gasteiger partial charge is 0.493 e. The summed E-state index contributed by atoms with van der Waals surface area (Å²) in [7, 11) is 1.25. The summed E-state index contributed by atoms with van der Waals surface area (Å²) in [4.78, 5) is 47.8. The van der Waals surface area contributed by atoms with Crippen molar-refractivity contribution in [2.75, 3.05) is 12.4 Å². The highest BCUT2D eigenvalue weighted by molar-refractivity contribution is 6.31. The summed E-state index contributed by atoms with van der Waals surface area (Å²) >= 11 is 5.98. The number of nitro benzene ring substituents is 1. The standard InChI is InChI=1S/C26H21ClN4O8/c1-14(32)30-26(17-7-5-9-19(11-17)28-24(34)16-6-4-8-18(27)10-16)39-25(29-30)21-12-20(31(35)36)13-22(37-3)23(21)38-15(2)33/h4-13,26H,1-3H3,(H,28,34). The van der Waals surface area contributed by atoms with Gasteiger partial charge in [0.1, 0.15) is 0 Å². The topological polar surface area (TPSA) is 150 Å². The molecule has 0 aliphatic carbocycles. The lowest BCUT2D eigenvalue weighted by Crippen LogP contribution is -2.25. The predicted octanol–water partition coefficient (Wildman–Crippen LogP) is 4.67. The molecule has 1 unspecified atom stereocenters. The van der Waals surface area contributed by atoms with E-state index in [1.807, 2.05) is 0 Å². The van der Waals surface area contributed by atoms with Gasteiger partial charge in [0.05, 0.1) is 23.7 Å². The van der Waals surface area contributed by atoms with E-state index < -0.39 is 28.9 Å². The summed E-state index contributed by atoms with van der Waals surface area (Å²) < 4.78 is 16.4. The molecule has 4 rings (SSSR count). The third-order valence-corrected chi connectivity index (χ3v) is 5.66. The van der Waals surface area contributed by atoms with Gasteiger partial charge in [-0.3, -0.25) is 24.5 Å². The zero-order valence-corrected chi connectivity index (χ0v) is 21.6. The van der Waals surface area contributed by atoms with Crippen molar-refractivity contribution in [2.24, 2.45) is 5.10 Å². The number of hydrazone groups is 1. The molecule has 1 aliphatic rings. The molecule has 13 heteroatoms. The summed E-state index contributed by atoms with van der Waals surface area (Å²) in [6.45, 7) is 2.41. The molecule has 3 aromatic rings. The van der Waals surface area contributed by atoms with Crippen molar-refractivity contribution < 1.29 is 33.5 Å². The number of halogens is 1. The number of anilines is 1. The summed E-state index contributed by atoms with van der Waals surface area (Å²) in [5.74, 6) is -2.12. The normalized spacial score (nSPS) is 14.2. The molecule has 0 bridgehead atoms. The van der Waals surface area contributed by atoms with Gasteiger partial charge in [0.2, 0.25) is 18.0 Å². The third kappa shape index (κ3) is 5.96. The SMILES string of the molecule is COc1cc([N+](=O)[O-])cc(C2=NN(C(C)=O)C(c3cccc(NC(=O)c4cccc(Cl)c4)c3)O2)c1OC(C)=O. The van der Waals surface area contributed by atoms with Gasteiger partial charge in [0.15, 0.2) is 11.5 Å². The lowest BCUT2D eigenvalue weighted by Gasteiger charge is -2.20. The molecule has 1 atom stereocenters. The quantitative estimate of drug-likeness (QED) is 0.192. The van der Waals surface area contributed by atoms with Crippen LogP contribution in [0.2, 0.25) is 5.02 Å². The first-order valence-corrected chi connectivity index (χ1v) is 11.7. The molecule has 1 N–H and O–H groups in total. The predicted molar refractivity (Wildman–Crippen MR) is 140 cm³/mol. The molecule has 12 nitrogen and oxygen atoms in total. The third-order valence-electron chi connectivity index (χ3n) is 5.43. The molecule has 0 radical (unpaired) electrons. The van der Waals surface area contributed by atoms with Crippen molar-refractivity contribution in [3.63, 3.8) is 0 Å². The van der Waals surface area contributed by atoms with Crippen molar-refractivity contribution in [2.45, 2.75) is 20.1 Å². The van der Waals surface area contributed by atoms with E-state index in [9.17, 15) is 24.5 Å². The first-order valence-electron chi connectivity index (χ1n) is 11.3. The van der Waals surface area contributed by atoms with E-state index in [0.717, 1.165) is 24.1 Å². The molecule has 0 fully saturated rings. The van der Waals surface area contributed by atoms with Gasteiger partial charge in [-0.2, -0.15) is 5.01 Å². The molecule has 0 saturated heterocycles. The van der Waals surface area contributed by atoms with Crippen molar-refractivity contribution in [3.8, 4) is 11.5 Å². The molecule has 1 aliphatic heterocycles. The van der Waals surface area contributed by atoms with Crippen LogP contribution in [0, 0.1) is 10.1 Å². The molecule has 3 aromatic carbocycles. The summed E-state index contributed by atoms with van der Waals surface area (Å²) in [5, 5.41) is 19.9. The Labute approximate surface area is 226 Å². The van der Waals surface area contributed by atoms with Crippen molar-refractivity contribution in [1.82, 2.24) is 5.01 Å². The molecule has 0 saturated carbocycles. The van der Waals surface area contributed by atoms with Gasteiger partial charge < -0.3 is 19.5 Å². The monoisotopic (exact) mass is 552 g/mol. The van der Waals surface area contributed by atoms with Crippen LogP contribution in [-0.4, -0.2) is 40.7 Å². The molecule has 39 heavy (non-hydrogen) atoms. The lowest BCUT2D eigenvalue weighted by atomic mass is 10.1. The lowest BCUT2D eigenvalue weighted by molar-refractivity contribution is -0.385. The second kappa shape index (κ2) is 11.2. The highest BCUT2D eigenvalue weighted by Gasteiger charge is 2.36. The molecule has 200 valence electrons. The van der Waals surface area contributed by atoms with Crippen LogP contribution < -0.4 is 14.8 Å². The first kappa shape index (κ1) is 27.1. The Bertz CT molecular complexity index is 1520. The Morgan fingerprint density at radius 1 is 1.10 bits per heavy atom. The van der Waals surface area contributed by atoms with Gasteiger partial charge in [-0.15, -0.1) is 5.10 Å². The number of nitrogens with zero attached hydrogens (tertiary/aromatic N) is 3. The number of nitrogens with one attached hydrogen (secondary N) is 1. The molecular weight excluding hydrogens is 532 g/mol. The second-order valence-electron chi connectivity index (χ2n) is 8.20. The van der Waals surface area contributed by atoms with Crippen LogP contribution in [0.3, 0.4) is 0 Å². The van der Waals surface area contributed by atoms with E-state index in [0.29, 0.717) is 21.8 Å². The number of amides is 2. The highest BCUT2D eigenvalue weighted by Crippen LogP contribution is 2.40. The van der Waals surface area contributed by atoms with E-state index in [2.05, 4.69) is 10.4 Å². The van der Waals surface area contributed by atoms with Crippen LogP contribution in [0.4, 0.5) is 11.4 Å². The Balaban J connectivity index is 1.69. The van der Waals surface area contributed by atoms with Gasteiger partial charge in [0.25, 0.3) is 11.6 Å². The molecule has 0 spiro atoms.